The van der Waals surface area contributed by atoms with Crippen LogP contribution in [-0.4, -0.2) is 46.1 Å². The van der Waals surface area contributed by atoms with Crippen LogP contribution in [0.4, 0.5) is 4.39 Å². The topological polar surface area (TPSA) is 73.4 Å². The molecular weight excluding hydrogens is 542 g/mol. The minimum absolute atomic E-state index is 0.260. The van der Waals surface area contributed by atoms with E-state index >= 15 is 0 Å². The van der Waals surface area contributed by atoms with E-state index in [1.54, 1.807) is 30.3 Å². The van der Waals surface area contributed by atoms with Gasteiger partial charge < -0.3 is 14.2 Å². The number of benzene rings is 3. The average Bonchev–Trinajstić information content (AvgIpc) is 3.37. The van der Waals surface area contributed by atoms with Crippen molar-refractivity contribution in [3.63, 3.8) is 0 Å². The molecule has 0 N–H and O–H groups in total. The first-order chi connectivity index (χ1) is 19.0. The van der Waals surface area contributed by atoms with Gasteiger partial charge in [0.05, 0.1) is 38.8 Å². The number of rotatable bonds is 7. The van der Waals surface area contributed by atoms with Gasteiger partial charge in [0.15, 0.2) is 5.58 Å². The second kappa shape index (κ2) is 11.0. The fourth-order valence-corrected chi connectivity index (χ4v) is 5.46. The number of aromatic nitrogens is 3. The molecule has 1 aliphatic rings. The summed E-state index contributed by atoms with van der Waals surface area (Å²) in [5.41, 5.74) is 1.67. The van der Waals surface area contributed by atoms with Crippen LogP contribution in [0.3, 0.4) is 0 Å². The molecule has 7 nitrogen and oxygen atoms in total. The monoisotopic (exact) mass is 566 g/mol. The molecule has 39 heavy (non-hydrogen) atoms. The molecule has 3 heterocycles. The van der Waals surface area contributed by atoms with Gasteiger partial charge >= 0.3 is 0 Å². The van der Waals surface area contributed by atoms with E-state index in [9.17, 15) is 9.18 Å². The summed E-state index contributed by atoms with van der Waals surface area (Å²) in [4.78, 5) is 15.6. The van der Waals surface area contributed by atoms with E-state index in [1.807, 2.05) is 18.2 Å². The van der Waals surface area contributed by atoms with E-state index in [0.717, 1.165) is 50.0 Å². The molecule has 0 aliphatic carbocycles. The fraction of sp³-hybridized carbons (Fsp3) is 0.276. The average molecular weight is 567 g/mol. The standard InChI is InChI=1S/C29H25Cl2FN4O3/c30-24-9-7-20(17-25(24)31)36-29(37)22-5-2-1-4-21(22)28(33-36)38-15-3-12-35-13-10-18(11-14-35)27-23-8-6-19(32)16-26(23)39-34-27/h1-2,4-9,16-18H,3,10-15H2. The van der Waals surface area contributed by atoms with Crippen LogP contribution < -0.4 is 10.3 Å². The van der Waals surface area contributed by atoms with Crippen molar-refractivity contribution in [3.05, 3.63) is 92.6 Å². The summed E-state index contributed by atoms with van der Waals surface area (Å²) in [5.74, 6) is 0.366. The van der Waals surface area contributed by atoms with Crippen molar-refractivity contribution < 1.29 is 13.7 Å². The number of ether oxygens (including phenoxy) is 1. The molecule has 1 fully saturated rings. The highest BCUT2D eigenvalue weighted by molar-refractivity contribution is 6.42. The van der Waals surface area contributed by atoms with Crippen LogP contribution in [0.25, 0.3) is 27.4 Å². The van der Waals surface area contributed by atoms with E-state index in [0.29, 0.717) is 50.5 Å². The van der Waals surface area contributed by atoms with E-state index in [1.165, 1.54) is 16.8 Å². The number of nitrogens with zero attached hydrogens (tertiary/aromatic N) is 4. The van der Waals surface area contributed by atoms with Crippen molar-refractivity contribution in [2.24, 2.45) is 0 Å². The lowest BCUT2D eigenvalue weighted by Gasteiger charge is -2.31. The third-order valence-corrected chi connectivity index (χ3v) is 7.95. The molecule has 0 radical (unpaired) electrons. The first kappa shape index (κ1) is 25.8. The van der Waals surface area contributed by atoms with Crippen molar-refractivity contribution in [3.8, 4) is 11.6 Å². The number of fused-ring (bicyclic) bond motifs is 2. The molecule has 0 spiro atoms. The lowest BCUT2D eigenvalue weighted by atomic mass is 9.91. The van der Waals surface area contributed by atoms with Gasteiger partial charge in [0.2, 0.25) is 5.88 Å². The summed E-state index contributed by atoms with van der Waals surface area (Å²) in [7, 11) is 0. The lowest BCUT2D eigenvalue weighted by Crippen LogP contribution is -2.34. The lowest BCUT2D eigenvalue weighted by molar-refractivity contribution is 0.189. The Bertz CT molecular complexity index is 1710. The minimum Gasteiger partial charge on any atom is -0.476 e. The van der Waals surface area contributed by atoms with E-state index in [-0.39, 0.29) is 11.4 Å². The number of likely N-dealkylation sites (tertiary alicyclic amines) is 1. The predicted molar refractivity (Wildman–Crippen MR) is 150 cm³/mol. The van der Waals surface area contributed by atoms with Crippen LogP contribution >= 0.6 is 23.2 Å². The van der Waals surface area contributed by atoms with Gasteiger partial charge in [-0.05, 0) is 74.8 Å². The summed E-state index contributed by atoms with van der Waals surface area (Å²) < 4.78 is 26.2. The molecule has 10 heteroatoms. The van der Waals surface area contributed by atoms with Gasteiger partial charge in [-0.3, -0.25) is 4.79 Å². The maximum Gasteiger partial charge on any atom is 0.279 e. The Kier molecular flexibility index (Phi) is 7.25. The molecule has 1 aliphatic heterocycles. The molecule has 5 aromatic rings. The Morgan fingerprint density at radius 2 is 1.77 bits per heavy atom. The zero-order chi connectivity index (χ0) is 26.9. The minimum atomic E-state index is -0.321. The van der Waals surface area contributed by atoms with Gasteiger partial charge in [0.1, 0.15) is 5.82 Å². The third kappa shape index (κ3) is 5.24. The Morgan fingerprint density at radius 1 is 0.974 bits per heavy atom. The van der Waals surface area contributed by atoms with Crippen molar-refractivity contribution >= 4 is 44.9 Å². The second-order valence-corrected chi connectivity index (χ2v) is 10.5. The van der Waals surface area contributed by atoms with Gasteiger partial charge in [-0.1, -0.05) is 40.5 Å². The quantitative estimate of drug-likeness (QED) is 0.206. The SMILES string of the molecule is O=c1c2ccccc2c(OCCCN2CCC(c3noc4cc(F)ccc34)CC2)nn1-c1ccc(Cl)c(Cl)c1. The zero-order valence-electron chi connectivity index (χ0n) is 20.9. The summed E-state index contributed by atoms with van der Waals surface area (Å²) in [6.45, 7) is 3.20. The number of halogens is 3. The molecule has 200 valence electrons. The van der Waals surface area contributed by atoms with Crippen LogP contribution in [-0.2, 0) is 0 Å². The van der Waals surface area contributed by atoms with Crippen LogP contribution in [0.5, 0.6) is 5.88 Å². The first-order valence-corrected chi connectivity index (χ1v) is 13.6. The highest BCUT2D eigenvalue weighted by Gasteiger charge is 2.25. The largest absolute Gasteiger partial charge is 0.476 e. The Hall–Kier alpha value is -3.46. The van der Waals surface area contributed by atoms with E-state index < -0.39 is 0 Å². The molecule has 6 rings (SSSR count). The van der Waals surface area contributed by atoms with Crippen molar-refractivity contribution in [2.75, 3.05) is 26.2 Å². The molecule has 3 aromatic carbocycles. The van der Waals surface area contributed by atoms with Gasteiger partial charge in [0, 0.05) is 23.9 Å². The van der Waals surface area contributed by atoms with Gasteiger partial charge in [-0.25, -0.2) is 4.39 Å². The molecule has 0 amide bonds. The summed E-state index contributed by atoms with van der Waals surface area (Å²) in [6, 6.07) is 16.8. The molecule has 0 unspecified atom stereocenters. The Balaban J connectivity index is 1.09. The smallest absolute Gasteiger partial charge is 0.279 e. The zero-order valence-corrected chi connectivity index (χ0v) is 22.5. The number of hydrogen-bond acceptors (Lipinski definition) is 6. The molecule has 0 bridgehead atoms. The Morgan fingerprint density at radius 3 is 2.56 bits per heavy atom. The molecule has 0 atom stereocenters. The highest BCUT2D eigenvalue weighted by atomic mass is 35.5. The second-order valence-electron chi connectivity index (χ2n) is 9.69. The van der Waals surface area contributed by atoms with Crippen LogP contribution in [0.2, 0.25) is 10.0 Å². The highest BCUT2D eigenvalue weighted by Crippen LogP contribution is 2.33. The van der Waals surface area contributed by atoms with Crippen LogP contribution in [0.1, 0.15) is 30.9 Å². The molecule has 1 saturated heterocycles. The maximum atomic E-state index is 13.5. The van der Waals surface area contributed by atoms with Crippen LogP contribution in [0, 0.1) is 5.82 Å². The summed E-state index contributed by atoms with van der Waals surface area (Å²) >= 11 is 12.2. The van der Waals surface area contributed by atoms with Crippen molar-refractivity contribution in [2.45, 2.75) is 25.2 Å². The van der Waals surface area contributed by atoms with Gasteiger partial charge in [0.25, 0.3) is 5.56 Å². The molecular formula is C29H25Cl2FN4O3. The fourth-order valence-electron chi connectivity index (χ4n) is 5.17. The predicted octanol–water partition coefficient (Wildman–Crippen LogP) is 6.62. The van der Waals surface area contributed by atoms with Gasteiger partial charge in [-0.15, -0.1) is 5.10 Å². The first-order valence-electron chi connectivity index (χ1n) is 12.9. The summed E-state index contributed by atoms with van der Waals surface area (Å²) in [6.07, 6.45) is 2.72. The van der Waals surface area contributed by atoms with E-state index in [4.69, 9.17) is 32.5 Å². The number of piperidine rings is 1. The van der Waals surface area contributed by atoms with Gasteiger partial charge in [-0.2, -0.15) is 4.68 Å². The molecule has 0 saturated carbocycles. The maximum absolute atomic E-state index is 13.5. The molecule has 2 aromatic heterocycles. The number of hydrogen-bond donors (Lipinski definition) is 0. The Labute approximate surface area is 233 Å². The van der Waals surface area contributed by atoms with Crippen molar-refractivity contribution in [1.82, 2.24) is 19.8 Å². The normalized spacial score (nSPS) is 14.8. The summed E-state index contributed by atoms with van der Waals surface area (Å²) in [5, 5.41) is 11.6. The van der Waals surface area contributed by atoms with Crippen LogP contribution in [0.15, 0.2) is 70.0 Å². The van der Waals surface area contributed by atoms with E-state index in [2.05, 4.69) is 15.2 Å². The third-order valence-electron chi connectivity index (χ3n) is 7.21. The van der Waals surface area contributed by atoms with Crippen molar-refractivity contribution in [1.29, 1.82) is 0 Å².